The molecule has 0 aromatic heterocycles. The Hall–Kier alpha value is -1.78. The molecule has 2 fully saturated rings. The van der Waals surface area contributed by atoms with Crippen LogP contribution < -0.4 is 10.2 Å². The Bertz CT molecular complexity index is 561. The van der Waals surface area contributed by atoms with Crippen molar-refractivity contribution in [3.63, 3.8) is 0 Å². The van der Waals surface area contributed by atoms with E-state index in [0.717, 1.165) is 25.1 Å². The van der Waals surface area contributed by atoms with Crippen molar-refractivity contribution < 1.29 is 9.18 Å². The Kier molecular flexibility index (Phi) is 4.23. The average molecular weight is 305 g/mol. The average Bonchev–Trinajstić information content (AvgIpc) is 2.94. The third-order valence-electron chi connectivity index (χ3n) is 4.90. The van der Waals surface area contributed by atoms with Gasteiger partial charge in [-0.25, -0.2) is 9.18 Å². The summed E-state index contributed by atoms with van der Waals surface area (Å²) in [6.45, 7) is 0.808. The van der Waals surface area contributed by atoms with E-state index in [1.807, 2.05) is 23.9 Å². The molecule has 2 atom stereocenters. The molecule has 1 aliphatic heterocycles. The number of carbonyl (C=O) groups excluding carboxylic acids is 1. The van der Waals surface area contributed by atoms with E-state index >= 15 is 0 Å². The van der Waals surface area contributed by atoms with Crippen molar-refractivity contribution in [2.75, 3.05) is 30.9 Å². The summed E-state index contributed by atoms with van der Waals surface area (Å²) in [6, 6.07) is 4.92. The van der Waals surface area contributed by atoms with Gasteiger partial charge < -0.3 is 15.1 Å². The van der Waals surface area contributed by atoms with Gasteiger partial charge in [0.15, 0.2) is 0 Å². The molecule has 4 nitrogen and oxygen atoms in total. The molecule has 3 rings (SSSR count). The summed E-state index contributed by atoms with van der Waals surface area (Å²) in [6.07, 6.45) is 5.85. The minimum absolute atomic E-state index is 0.0908. The maximum atomic E-state index is 13.7. The number of rotatable bonds is 2. The van der Waals surface area contributed by atoms with E-state index in [4.69, 9.17) is 0 Å². The first kappa shape index (κ1) is 15.1. The molecule has 120 valence electrons. The molecular formula is C17H24FN3O. The second-order valence-corrected chi connectivity index (χ2v) is 6.62. The molecule has 0 radical (unpaired) electrons. The molecule has 2 unspecified atom stereocenters. The van der Waals surface area contributed by atoms with Gasteiger partial charge in [0, 0.05) is 38.1 Å². The van der Waals surface area contributed by atoms with E-state index in [2.05, 4.69) is 5.32 Å². The van der Waals surface area contributed by atoms with Crippen LogP contribution in [-0.4, -0.2) is 37.6 Å². The Morgan fingerprint density at radius 2 is 2.00 bits per heavy atom. The molecule has 1 N–H and O–H groups in total. The van der Waals surface area contributed by atoms with Crippen LogP contribution in [0.15, 0.2) is 18.2 Å². The van der Waals surface area contributed by atoms with Crippen LogP contribution in [0, 0.1) is 11.7 Å². The van der Waals surface area contributed by atoms with E-state index in [9.17, 15) is 9.18 Å². The molecule has 1 aliphatic carbocycles. The Labute approximate surface area is 131 Å². The summed E-state index contributed by atoms with van der Waals surface area (Å²) < 4.78 is 13.7. The Morgan fingerprint density at radius 3 is 2.77 bits per heavy atom. The number of fused-ring (bicyclic) bond motifs is 1. The molecule has 5 heteroatoms. The van der Waals surface area contributed by atoms with Gasteiger partial charge in [-0.3, -0.25) is 0 Å². The van der Waals surface area contributed by atoms with Crippen molar-refractivity contribution in [1.29, 1.82) is 0 Å². The second kappa shape index (κ2) is 6.15. The summed E-state index contributed by atoms with van der Waals surface area (Å²) in [7, 11) is 3.71. The van der Waals surface area contributed by atoms with Crippen LogP contribution in [0.25, 0.3) is 0 Å². The molecule has 1 saturated carbocycles. The van der Waals surface area contributed by atoms with Gasteiger partial charge in [-0.05, 0) is 49.8 Å². The summed E-state index contributed by atoms with van der Waals surface area (Å²) in [5.41, 5.74) is 1.27. The number of hydrogen-bond donors (Lipinski definition) is 1. The highest BCUT2D eigenvalue weighted by Gasteiger charge is 2.37. The maximum absolute atomic E-state index is 13.7. The summed E-state index contributed by atoms with van der Waals surface area (Å²) in [5.74, 6) is 0.322. The number of anilines is 2. The zero-order valence-electron chi connectivity index (χ0n) is 13.3. The van der Waals surface area contributed by atoms with Gasteiger partial charge in [0.25, 0.3) is 0 Å². The van der Waals surface area contributed by atoms with Crippen molar-refractivity contribution in [2.45, 2.75) is 38.1 Å². The number of nitrogens with zero attached hydrogens (tertiary/aromatic N) is 2. The summed E-state index contributed by atoms with van der Waals surface area (Å²) in [4.78, 5) is 16.4. The SMILES string of the molecule is CN(C)c1cc(F)cc(NC(=O)N2CCCC3CCCC32)c1. The highest BCUT2D eigenvalue weighted by molar-refractivity contribution is 5.90. The van der Waals surface area contributed by atoms with Gasteiger partial charge >= 0.3 is 6.03 Å². The zero-order valence-corrected chi connectivity index (χ0v) is 13.3. The van der Waals surface area contributed by atoms with Gasteiger partial charge in [0.1, 0.15) is 5.82 Å². The normalized spacial score (nSPS) is 24.0. The monoisotopic (exact) mass is 305 g/mol. The largest absolute Gasteiger partial charge is 0.378 e. The van der Waals surface area contributed by atoms with Crippen molar-refractivity contribution in [3.05, 3.63) is 24.0 Å². The topological polar surface area (TPSA) is 35.6 Å². The fraction of sp³-hybridized carbons (Fsp3) is 0.588. The lowest BCUT2D eigenvalue weighted by Crippen LogP contribution is -2.48. The van der Waals surface area contributed by atoms with Crippen molar-refractivity contribution in [1.82, 2.24) is 4.90 Å². The van der Waals surface area contributed by atoms with Crippen molar-refractivity contribution in [2.24, 2.45) is 5.92 Å². The Balaban J connectivity index is 1.73. The van der Waals surface area contributed by atoms with E-state index < -0.39 is 0 Å². The fourth-order valence-electron chi connectivity index (χ4n) is 3.81. The highest BCUT2D eigenvalue weighted by atomic mass is 19.1. The predicted molar refractivity (Wildman–Crippen MR) is 86.8 cm³/mol. The molecule has 0 spiro atoms. The smallest absolute Gasteiger partial charge is 0.322 e. The van der Waals surface area contributed by atoms with Crippen LogP contribution >= 0.6 is 0 Å². The molecule has 22 heavy (non-hydrogen) atoms. The molecule has 1 saturated heterocycles. The van der Waals surface area contributed by atoms with E-state index in [1.165, 1.54) is 31.4 Å². The van der Waals surface area contributed by atoms with Gasteiger partial charge in [-0.1, -0.05) is 6.42 Å². The van der Waals surface area contributed by atoms with Crippen LogP contribution in [0.5, 0.6) is 0 Å². The molecule has 1 heterocycles. The standard InChI is InChI=1S/C17H24FN3O/c1-20(2)15-10-13(18)9-14(11-15)19-17(22)21-8-4-6-12-5-3-7-16(12)21/h9-12,16H,3-8H2,1-2H3,(H,19,22). The lowest BCUT2D eigenvalue weighted by molar-refractivity contribution is 0.138. The van der Waals surface area contributed by atoms with E-state index in [-0.39, 0.29) is 11.8 Å². The van der Waals surface area contributed by atoms with Crippen molar-refractivity contribution in [3.8, 4) is 0 Å². The molecule has 2 amide bonds. The highest BCUT2D eigenvalue weighted by Crippen LogP contribution is 2.37. The number of nitrogens with one attached hydrogen (secondary N) is 1. The first-order chi connectivity index (χ1) is 10.5. The lowest BCUT2D eigenvalue weighted by Gasteiger charge is -2.37. The number of amides is 2. The first-order valence-corrected chi connectivity index (χ1v) is 8.10. The zero-order chi connectivity index (χ0) is 15.7. The maximum Gasteiger partial charge on any atom is 0.322 e. The predicted octanol–water partition coefficient (Wildman–Crippen LogP) is 3.69. The number of halogens is 1. The van der Waals surface area contributed by atoms with Crippen LogP contribution in [0.2, 0.25) is 0 Å². The third-order valence-corrected chi connectivity index (χ3v) is 4.90. The minimum atomic E-state index is -0.334. The summed E-state index contributed by atoms with van der Waals surface area (Å²) in [5, 5.41) is 2.88. The van der Waals surface area contributed by atoms with Crippen LogP contribution in [0.3, 0.4) is 0 Å². The van der Waals surface area contributed by atoms with Crippen LogP contribution in [-0.2, 0) is 0 Å². The number of piperidine rings is 1. The van der Waals surface area contributed by atoms with Gasteiger partial charge in [0.2, 0.25) is 0 Å². The summed E-state index contributed by atoms with van der Waals surface area (Å²) >= 11 is 0. The van der Waals surface area contributed by atoms with Crippen LogP contribution in [0.1, 0.15) is 32.1 Å². The number of benzene rings is 1. The number of hydrogen-bond acceptors (Lipinski definition) is 2. The third kappa shape index (κ3) is 3.03. The Morgan fingerprint density at radius 1 is 1.23 bits per heavy atom. The molecule has 1 aromatic rings. The second-order valence-electron chi connectivity index (χ2n) is 6.62. The first-order valence-electron chi connectivity index (χ1n) is 8.10. The van der Waals surface area contributed by atoms with Gasteiger partial charge in [-0.2, -0.15) is 0 Å². The van der Waals surface area contributed by atoms with E-state index in [0.29, 0.717) is 17.6 Å². The molecule has 2 aliphatic rings. The van der Waals surface area contributed by atoms with Gasteiger partial charge in [0.05, 0.1) is 0 Å². The van der Waals surface area contributed by atoms with Crippen molar-refractivity contribution >= 4 is 17.4 Å². The quantitative estimate of drug-likeness (QED) is 0.904. The minimum Gasteiger partial charge on any atom is -0.378 e. The lowest BCUT2D eigenvalue weighted by atomic mass is 9.92. The van der Waals surface area contributed by atoms with E-state index in [1.54, 1.807) is 6.07 Å². The number of carbonyl (C=O) groups is 1. The van der Waals surface area contributed by atoms with Crippen LogP contribution in [0.4, 0.5) is 20.6 Å². The number of urea groups is 1. The number of likely N-dealkylation sites (tertiary alicyclic amines) is 1. The van der Waals surface area contributed by atoms with Gasteiger partial charge in [-0.15, -0.1) is 0 Å². The molecular weight excluding hydrogens is 281 g/mol. The molecule has 0 bridgehead atoms. The molecule has 1 aromatic carbocycles. The fourth-order valence-corrected chi connectivity index (χ4v) is 3.81.